The molecule has 0 bridgehead atoms. The summed E-state index contributed by atoms with van der Waals surface area (Å²) in [5, 5.41) is 3.64. The van der Waals surface area contributed by atoms with E-state index in [1.165, 1.54) is 38.1 Å². The van der Waals surface area contributed by atoms with Crippen LogP contribution in [0.15, 0.2) is 127 Å². The molecule has 3 nitrogen and oxygen atoms in total. The van der Waals surface area contributed by atoms with Gasteiger partial charge in [0.1, 0.15) is 0 Å². The van der Waals surface area contributed by atoms with Crippen LogP contribution in [0.5, 0.6) is 0 Å². The molecule has 3 heterocycles. The summed E-state index contributed by atoms with van der Waals surface area (Å²) in [6.07, 6.45) is 0. The largest absolute Gasteiger partial charge is 0.208 e. The zero-order valence-electron chi connectivity index (χ0n) is 29.5. The lowest BCUT2D eigenvalue weighted by Gasteiger charge is -2.21. The van der Waals surface area contributed by atoms with Gasteiger partial charge in [0.05, 0.1) is 5.48 Å². The molecule has 0 atom stereocenters. The Morgan fingerprint density at radius 2 is 1.21 bits per heavy atom. The molecule has 5 heteroatoms. The lowest BCUT2D eigenvalue weighted by Crippen LogP contribution is -2.14. The van der Waals surface area contributed by atoms with Crippen molar-refractivity contribution in [3.8, 4) is 45.3 Å². The fourth-order valence-corrected chi connectivity index (χ4v) is 9.44. The summed E-state index contributed by atoms with van der Waals surface area (Å²) in [4.78, 5) is 15.6. The van der Waals surface area contributed by atoms with Gasteiger partial charge in [-0.3, -0.25) is 0 Å². The van der Waals surface area contributed by atoms with Crippen LogP contribution in [0.1, 0.15) is 30.5 Å². The van der Waals surface area contributed by atoms with Crippen molar-refractivity contribution in [1.29, 1.82) is 0 Å². The third-order valence-electron chi connectivity index (χ3n) is 9.50. The van der Waals surface area contributed by atoms with Crippen LogP contribution in [0.3, 0.4) is 0 Å². The minimum Gasteiger partial charge on any atom is -0.208 e. The fourth-order valence-electron chi connectivity index (χ4n) is 7.24. The van der Waals surface area contributed by atoms with Crippen LogP contribution in [0, 0.1) is 0 Å². The van der Waals surface area contributed by atoms with Gasteiger partial charge in [-0.1, -0.05) is 105 Å². The van der Waals surface area contributed by atoms with E-state index < -0.39 is 0 Å². The molecule has 1 aliphatic carbocycles. The zero-order valence-corrected chi connectivity index (χ0v) is 27.1. The summed E-state index contributed by atoms with van der Waals surface area (Å²) in [6, 6.07) is 35.1. The van der Waals surface area contributed by atoms with Gasteiger partial charge in [-0.05, 0) is 58.6 Å². The number of hydrogen-bond acceptors (Lipinski definition) is 5. The Labute approximate surface area is 285 Å². The van der Waals surface area contributed by atoms with Crippen LogP contribution in [0.4, 0.5) is 0 Å². The van der Waals surface area contributed by atoms with E-state index in [1.807, 2.05) is 18.2 Å². The molecule has 1 aliphatic rings. The highest BCUT2D eigenvalue weighted by Gasteiger charge is 2.37. The maximum Gasteiger partial charge on any atom is 0.165 e. The minimum absolute atomic E-state index is 0.0175. The van der Waals surface area contributed by atoms with Crippen LogP contribution >= 0.6 is 22.7 Å². The number of benzene rings is 6. The quantitative estimate of drug-likeness (QED) is 0.193. The average molecular weight is 642 g/mol. The predicted octanol–water partition coefficient (Wildman–Crippen LogP) is 11.9. The summed E-state index contributed by atoms with van der Waals surface area (Å²) < 4.78 is 37.6. The Bertz CT molecular complexity index is 2960. The Hall–Kier alpha value is -5.23. The second kappa shape index (κ2) is 9.88. The van der Waals surface area contributed by atoms with Crippen LogP contribution in [-0.4, -0.2) is 15.0 Å². The molecule has 0 amide bonds. The second-order valence-electron chi connectivity index (χ2n) is 12.5. The van der Waals surface area contributed by atoms with Gasteiger partial charge in [0.15, 0.2) is 17.5 Å². The van der Waals surface area contributed by atoms with Crippen molar-refractivity contribution in [2.45, 2.75) is 19.3 Å². The zero-order chi connectivity index (χ0) is 34.8. The van der Waals surface area contributed by atoms with Crippen LogP contribution in [0.25, 0.3) is 85.6 Å². The number of fused-ring (bicyclic) bond motifs is 9. The minimum atomic E-state index is -0.236. The number of nitrogens with zero attached hydrogens (tertiary/aromatic N) is 3. The molecule has 0 fully saturated rings. The predicted molar refractivity (Wildman–Crippen MR) is 199 cm³/mol. The molecule has 0 saturated heterocycles. The lowest BCUT2D eigenvalue weighted by atomic mass is 9.82. The molecule has 0 N–H and O–H groups in total. The molecule has 0 aliphatic heterocycles. The molecule has 0 spiro atoms. The highest BCUT2D eigenvalue weighted by Crippen LogP contribution is 2.52. The third-order valence-corrected chi connectivity index (χ3v) is 11.8. The highest BCUT2D eigenvalue weighted by atomic mass is 32.1. The Morgan fingerprint density at radius 3 is 2.15 bits per heavy atom. The van der Waals surface area contributed by atoms with E-state index >= 15 is 0 Å². The van der Waals surface area contributed by atoms with Crippen molar-refractivity contribution < 1.29 is 5.48 Å². The van der Waals surface area contributed by atoms with E-state index in [-0.39, 0.29) is 29.6 Å². The number of rotatable bonds is 3. The Morgan fingerprint density at radius 1 is 0.532 bits per heavy atom. The maximum absolute atomic E-state index is 8.75. The van der Waals surface area contributed by atoms with Crippen molar-refractivity contribution >= 4 is 63.0 Å². The average Bonchev–Trinajstić information content (AvgIpc) is 3.81. The number of hydrogen-bond donors (Lipinski definition) is 0. The van der Waals surface area contributed by atoms with E-state index in [2.05, 4.69) is 98.8 Å². The summed E-state index contributed by atoms with van der Waals surface area (Å²) in [7, 11) is 0. The van der Waals surface area contributed by atoms with Crippen LogP contribution < -0.4 is 0 Å². The molecular formula is C42H27N3S2. The van der Waals surface area contributed by atoms with E-state index in [0.29, 0.717) is 27.6 Å². The maximum atomic E-state index is 8.75. The van der Waals surface area contributed by atoms with Crippen molar-refractivity contribution in [2.75, 3.05) is 0 Å². The van der Waals surface area contributed by atoms with Gasteiger partial charge in [-0.2, -0.15) is 0 Å². The van der Waals surface area contributed by atoms with Gasteiger partial charge in [0.2, 0.25) is 0 Å². The van der Waals surface area contributed by atoms with E-state index in [9.17, 15) is 0 Å². The number of aromatic nitrogens is 3. The lowest BCUT2D eigenvalue weighted by molar-refractivity contribution is 0.660. The van der Waals surface area contributed by atoms with Crippen molar-refractivity contribution in [3.63, 3.8) is 0 Å². The smallest absolute Gasteiger partial charge is 0.165 e. The van der Waals surface area contributed by atoms with E-state index in [4.69, 9.17) is 20.4 Å². The monoisotopic (exact) mass is 641 g/mol. The third kappa shape index (κ3) is 3.94. The molecule has 3 aromatic heterocycles. The fraction of sp³-hybridized carbons (Fsp3) is 0.0714. The van der Waals surface area contributed by atoms with Gasteiger partial charge in [0.25, 0.3) is 0 Å². The SMILES string of the molecule is [2H]c1c([2H])c([2H])c2c(sc3ccc(-c4nc(-c5cccc6c5-c5ccccc5C6(C)C)nc(-c5cccc6c5sc5ccccc56)n4)cc32)c1[2H]. The summed E-state index contributed by atoms with van der Waals surface area (Å²) in [5.74, 6) is 1.65. The summed E-state index contributed by atoms with van der Waals surface area (Å²) in [5.41, 5.74) is 7.26. The molecule has 6 aromatic carbocycles. The van der Waals surface area contributed by atoms with Crippen molar-refractivity contribution in [3.05, 3.63) is 138 Å². The van der Waals surface area contributed by atoms with Crippen LogP contribution in [0.2, 0.25) is 0 Å². The van der Waals surface area contributed by atoms with Crippen LogP contribution in [-0.2, 0) is 5.41 Å². The normalized spacial score (nSPS) is 14.7. The van der Waals surface area contributed by atoms with Gasteiger partial charge in [-0.25, -0.2) is 15.0 Å². The van der Waals surface area contributed by atoms with E-state index in [0.717, 1.165) is 42.4 Å². The summed E-state index contributed by atoms with van der Waals surface area (Å²) in [6.45, 7) is 4.53. The van der Waals surface area contributed by atoms with Crippen molar-refractivity contribution in [1.82, 2.24) is 15.0 Å². The van der Waals surface area contributed by atoms with Crippen molar-refractivity contribution in [2.24, 2.45) is 0 Å². The molecule has 0 unspecified atom stereocenters. The second-order valence-corrected chi connectivity index (χ2v) is 14.6. The molecule has 0 radical (unpaired) electrons. The first-order chi connectivity index (χ1) is 24.7. The van der Waals surface area contributed by atoms with Gasteiger partial charge < -0.3 is 0 Å². The Balaban J connectivity index is 1.27. The van der Waals surface area contributed by atoms with Gasteiger partial charge in [-0.15, -0.1) is 22.7 Å². The summed E-state index contributed by atoms with van der Waals surface area (Å²) >= 11 is 3.11. The molecule has 9 aromatic rings. The molecule has 47 heavy (non-hydrogen) atoms. The molecular weight excluding hydrogens is 611 g/mol. The standard InChI is InChI=1S/C42H27N3S2/c1-42(2)32-17-6-3-13-28(32)37-29(15-10-18-33(37)42)40-43-39(24-21-22-36-31(23-24)26-12-5-7-19-34(26)46-36)44-41(45-40)30-16-9-14-27-25-11-4-8-20-35(25)47-38(27)30/h3-23H,1-2H3/i5D,7D,12D,19D. The Kier molecular flexibility index (Phi) is 4.87. The first-order valence-electron chi connectivity index (χ1n) is 17.5. The number of thiophene rings is 2. The first kappa shape index (κ1) is 23.1. The molecule has 0 saturated carbocycles. The van der Waals surface area contributed by atoms with E-state index in [1.54, 1.807) is 11.3 Å². The highest BCUT2D eigenvalue weighted by molar-refractivity contribution is 7.26. The molecule has 222 valence electrons. The molecule has 10 rings (SSSR count). The van der Waals surface area contributed by atoms with Gasteiger partial charge >= 0.3 is 0 Å². The first-order valence-corrected chi connectivity index (χ1v) is 17.2. The van der Waals surface area contributed by atoms with Gasteiger partial charge in [0, 0.05) is 62.4 Å². The topological polar surface area (TPSA) is 38.7 Å².